The molecule has 152 valence electrons. The van der Waals surface area contributed by atoms with Crippen LogP contribution in [0.5, 0.6) is 0 Å². The van der Waals surface area contributed by atoms with Gasteiger partial charge in [-0.25, -0.2) is 9.97 Å². The minimum atomic E-state index is -0.169. The average molecular weight is 387 g/mol. The van der Waals surface area contributed by atoms with Crippen molar-refractivity contribution in [3.05, 3.63) is 35.1 Å². The Hall–Kier alpha value is -2.48. The second kappa shape index (κ2) is 9.14. The number of aromatic nitrogens is 3. The Morgan fingerprint density at radius 3 is 2.79 bits per heavy atom. The molecular formula is C20H30N6O2. The van der Waals surface area contributed by atoms with E-state index in [-0.39, 0.29) is 5.91 Å². The molecular weight excluding hydrogens is 356 g/mol. The first-order valence-corrected chi connectivity index (χ1v) is 9.95. The fourth-order valence-electron chi connectivity index (χ4n) is 3.36. The van der Waals surface area contributed by atoms with Crippen LogP contribution in [0.4, 0.5) is 5.82 Å². The van der Waals surface area contributed by atoms with E-state index in [9.17, 15) is 4.79 Å². The van der Waals surface area contributed by atoms with Crippen LogP contribution in [0, 0.1) is 0 Å². The van der Waals surface area contributed by atoms with Gasteiger partial charge in [0, 0.05) is 52.2 Å². The summed E-state index contributed by atoms with van der Waals surface area (Å²) in [5.41, 5.74) is 1.16. The van der Waals surface area contributed by atoms with Gasteiger partial charge in [-0.2, -0.15) is 0 Å². The number of carbonyl (C=O) groups excluding carboxylic acids is 1. The van der Waals surface area contributed by atoms with Gasteiger partial charge < -0.3 is 19.6 Å². The molecule has 8 nitrogen and oxygen atoms in total. The molecule has 0 unspecified atom stereocenters. The molecule has 2 aromatic heterocycles. The van der Waals surface area contributed by atoms with Crippen LogP contribution in [-0.2, 0) is 13.0 Å². The van der Waals surface area contributed by atoms with Gasteiger partial charge in [-0.15, -0.1) is 0 Å². The van der Waals surface area contributed by atoms with Crippen LogP contribution in [-0.4, -0.2) is 60.2 Å². The van der Waals surface area contributed by atoms with E-state index >= 15 is 0 Å². The minimum absolute atomic E-state index is 0.169. The Morgan fingerprint density at radius 1 is 1.29 bits per heavy atom. The first-order chi connectivity index (χ1) is 13.5. The number of hydrogen-bond donors (Lipinski definition) is 1. The summed E-state index contributed by atoms with van der Waals surface area (Å²) < 4.78 is 5.24. The lowest BCUT2D eigenvalue weighted by atomic mass is 9.99. The van der Waals surface area contributed by atoms with Crippen LogP contribution in [0.25, 0.3) is 0 Å². The third-order valence-electron chi connectivity index (χ3n) is 4.92. The van der Waals surface area contributed by atoms with Gasteiger partial charge in [-0.05, 0) is 25.8 Å². The number of amides is 1. The summed E-state index contributed by atoms with van der Waals surface area (Å²) >= 11 is 0. The van der Waals surface area contributed by atoms with Crippen molar-refractivity contribution in [2.45, 2.75) is 45.1 Å². The molecule has 0 spiro atoms. The molecule has 0 bridgehead atoms. The molecule has 1 aliphatic rings. The van der Waals surface area contributed by atoms with Crippen molar-refractivity contribution in [2.24, 2.45) is 0 Å². The first-order valence-electron chi connectivity index (χ1n) is 9.95. The molecule has 1 amide bonds. The summed E-state index contributed by atoms with van der Waals surface area (Å²) in [6, 6.07) is 3.67. The normalized spacial score (nSPS) is 16.8. The highest BCUT2D eigenvalue weighted by Gasteiger charge is 2.22. The lowest BCUT2D eigenvalue weighted by molar-refractivity contribution is 0.0772. The van der Waals surface area contributed by atoms with Crippen molar-refractivity contribution < 1.29 is 9.32 Å². The molecule has 1 fully saturated rings. The van der Waals surface area contributed by atoms with Gasteiger partial charge in [0.15, 0.2) is 5.69 Å². The Kier molecular flexibility index (Phi) is 6.61. The van der Waals surface area contributed by atoms with Crippen molar-refractivity contribution in [3.8, 4) is 0 Å². The highest BCUT2D eigenvalue weighted by molar-refractivity contribution is 5.92. The molecule has 1 atom stereocenters. The van der Waals surface area contributed by atoms with Crippen LogP contribution >= 0.6 is 0 Å². The quantitative estimate of drug-likeness (QED) is 0.781. The zero-order chi connectivity index (χ0) is 20.1. The highest BCUT2D eigenvalue weighted by atomic mass is 16.5. The van der Waals surface area contributed by atoms with Crippen molar-refractivity contribution in [3.63, 3.8) is 0 Å². The van der Waals surface area contributed by atoms with Crippen molar-refractivity contribution in [2.75, 3.05) is 39.1 Å². The summed E-state index contributed by atoms with van der Waals surface area (Å²) in [6.45, 7) is 4.40. The van der Waals surface area contributed by atoms with E-state index in [2.05, 4.69) is 17.4 Å². The number of rotatable bonds is 7. The Balaban J connectivity index is 1.77. The molecule has 28 heavy (non-hydrogen) atoms. The maximum absolute atomic E-state index is 12.7. The predicted molar refractivity (Wildman–Crippen MR) is 107 cm³/mol. The number of nitrogens with one attached hydrogen (secondary N) is 1. The number of anilines is 1. The Bertz CT molecular complexity index is 798. The van der Waals surface area contributed by atoms with E-state index in [1.54, 1.807) is 18.0 Å². The molecule has 3 rings (SSSR count). The molecule has 0 aliphatic carbocycles. The lowest BCUT2D eigenvalue weighted by Crippen LogP contribution is -2.31. The van der Waals surface area contributed by atoms with Crippen LogP contribution in [0.15, 0.2) is 16.7 Å². The fraction of sp³-hybridized carbons (Fsp3) is 0.600. The number of hydrogen-bond acceptors (Lipinski definition) is 7. The van der Waals surface area contributed by atoms with E-state index in [1.807, 2.05) is 25.1 Å². The summed E-state index contributed by atoms with van der Waals surface area (Å²) in [4.78, 5) is 25.8. The lowest BCUT2D eigenvalue weighted by Gasteiger charge is -2.24. The van der Waals surface area contributed by atoms with Gasteiger partial charge in [0.2, 0.25) is 0 Å². The zero-order valence-electron chi connectivity index (χ0n) is 17.2. The molecule has 1 aliphatic heterocycles. The van der Waals surface area contributed by atoms with Crippen LogP contribution in [0.1, 0.15) is 59.9 Å². The summed E-state index contributed by atoms with van der Waals surface area (Å²) in [5, 5.41) is 7.34. The fourth-order valence-corrected chi connectivity index (χ4v) is 3.36. The van der Waals surface area contributed by atoms with E-state index in [4.69, 9.17) is 14.5 Å². The van der Waals surface area contributed by atoms with E-state index in [0.29, 0.717) is 18.2 Å². The third kappa shape index (κ3) is 4.86. The van der Waals surface area contributed by atoms with Gasteiger partial charge in [0.05, 0.1) is 12.2 Å². The molecule has 0 radical (unpaired) electrons. The van der Waals surface area contributed by atoms with Gasteiger partial charge in [0.25, 0.3) is 5.91 Å². The zero-order valence-corrected chi connectivity index (χ0v) is 17.2. The smallest absolute Gasteiger partial charge is 0.276 e. The first kappa shape index (κ1) is 20.3. The predicted octanol–water partition coefficient (Wildman–Crippen LogP) is 2.22. The third-order valence-corrected chi connectivity index (χ3v) is 4.92. The van der Waals surface area contributed by atoms with E-state index in [1.165, 1.54) is 0 Å². The molecule has 1 N–H and O–H groups in total. The number of aryl methyl sites for hydroxylation is 1. The van der Waals surface area contributed by atoms with Crippen molar-refractivity contribution in [1.29, 1.82) is 0 Å². The molecule has 3 heterocycles. The number of carbonyl (C=O) groups is 1. The molecule has 2 aromatic rings. The van der Waals surface area contributed by atoms with E-state index < -0.39 is 0 Å². The highest BCUT2D eigenvalue weighted by Crippen LogP contribution is 2.23. The molecule has 1 saturated heterocycles. The second-order valence-corrected chi connectivity index (χ2v) is 7.60. The summed E-state index contributed by atoms with van der Waals surface area (Å²) in [7, 11) is 5.69. The van der Waals surface area contributed by atoms with Gasteiger partial charge in [0.1, 0.15) is 17.4 Å². The SMILES string of the molecule is CCCc1cc(C(=O)N(C)Cc2cc(N(C)C)nc([C@@H]3CCCNC3)n2)no1. The average Bonchev–Trinajstić information content (AvgIpc) is 3.16. The Labute approximate surface area is 166 Å². The second-order valence-electron chi connectivity index (χ2n) is 7.60. The maximum Gasteiger partial charge on any atom is 0.276 e. The van der Waals surface area contributed by atoms with Crippen LogP contribution < -0.4 is 10.2 Å². The monoisotopic (exact) mass is 386 g/mol. The van der Waals surface area contributed by atoms with Crippen LogP contribution in [0.2, 0.25) is 0 Å². The number of nitrogens with zero attached hydrogens (tertiary/aromatic N) is 5. The topological polar surface area (TPSA) is 87.4 Å². The van der Waals surface area contributed by atoms with Gasteiger partial charge in [-0.3, -0.25) is 4.79 Å². The standard InChI is InChI=1S/C20H30N6O2/c1-5-7-16-11-17(24-28-16)20(27)26(4)13-15-10-18(25(2)3)23-19(22-15)14-8-6-9-21-12-14/h10-11,14,21H,5-9,12-13H2,1-4H3/t14-/m1/s1. The van der Waals surface area contributed by atoms with Gasteiger partial charge in [-0.1, -0.05) is 12.1 Å². The molecule has 0 saturated carbocycles. The maximum atomic E-state index is 12.7. The molecule has 8 heteroatoms. The van der Waals surface area contributed by atoms with Crippen LogP contribution in [0.3, 0.4) is 0 Å². The molecule has 0 aromatic carbocycles. The Morgan fingerprint density at radius 2 is 2.11 bits per heavy atom. The van der Waals surface area contributed by atoms with Crippen molar-refractivity contribution >= 4 is 11.7 Å². The largest absolute Gasteiger partial charge is 0.363 e. The summed E-state index contributed by atoms with van der Waals surface area (Å²) in [5.74, 6) is 2.58. The van der Waals surface area contributed by atoms with Gasteiger partial charge >= 0.3 is 0 Å². The summed E-state index contributed by atoms with van der Waals surface area (Å²) in [6.07, 6.45) is 3.93. The minimum Gasteiger partial charge on any atom is -0.363 e. The number of piperidine rings is 1. The van der Waals surface area contributed by atoms with E-state index in [0.717, 1.165) is 61.9 Å². The van der Waals surface area contributed by atoms with Crippen molar-refractivity contribution in [1.82, 2.24) is 25.3 Å².